The van der Waals surface area contributed by atoms with E-state index >= 15 is 0 Å². The monoisotopic (exact) mass is 326 g/mol. The molecule has 0 saturated carbocycles. The molecule has 0 spiro atoms. The van der Waals surface area contributed by atoms with Crippen molar-refractivity contribution in [3.63, 3.8) is 0 Å². The maximum atomic E-state index is 5.27. The van der Waals surface area contributed by atoms with Gasteiger partial charge in [-0.3, -0.25) is 0 Å². The molecule has 3 nitrogen and oxygen atoms in total. The van der Waals surface area contributed by atoms with Crippen LogP contribution in [0, 0.1) is 0 Å². The van der Waals surface area contributed by atoms with Crippen LogP contribution >= 0.6 is 27.7 Å². The van der Waals surface area contributed by atoms with Crippen molar-refractivity contribution in [1.29, 1.82) is 0 Å². The van der Waals surface area contributed by atoms with Crippen molar-refractivity contribution in [3.05, 3.63) is 40.7 Å². The van der Waals surface area contributed by atoms with Crippen molar-refractivity contribution in [2.45, 2.75) is 36.6 Å². The van der Waals surface area contributed by atoms with Crippen molar-refractivity contribution in [2.75, 3.05) is 0 Å². The van der Waals surface area contributed by atoms with E-state index in [2.05, 4.69) is 52.2 Å². The molecule has 1 heterocycles. The van der Waals surface area contributed by atoms with Crippen LogP contribution in [0.15, 0.2) is 49.7 Å². The van der Waals surface area contributed by atoms with Crippen molar-refractivity contribution < 1.29 is 4.42 Å². The molecule has 0 bridgehead atoms. The minimum Gasteiger partial charge on any atom is -0.440 e. The van der Waals surface area contributed by atoms with E-state index in [1.54, 1.807) is 24.2 Å². The predicted molar refractivity (Wildman–Crippen MR) is 76.7 cm³/mol. The number of benzene rings is 1. The molecule has 0 amide bonds. The van der Waals surface area contributed by atoms with Gasteiger partial charge in [-0.2, -0.15) is 0 Å². The van der Waals surface area contributed by atoms with Gasteiger partial charge in [0.15, 0.2) is 0 Å². The molecule has 96 valence electrons. The Hall–Kier alpha value is -0.780. The molecule has 18 heavy (non-hydrogen) atoms. The number of halogens is 1. The van der Waals surface area contributed by atoms with Gasteiger partial charge in [-0.05, 0) is 35.5 Å². The van der Waals surface area contributed by atoms with Crippen molar-refractivity contribution in [3.8, 4) is 0 Å². The number of nitrogens with one attached hydrogen (secondary N) is 1. The van der Waals surface area contributed by atoms with E-state index in [4.69, 9.17) is 4.42 Å². The molecule has 0 aliphatic carbocycles. The van der Waals surface area contributed by atoms with Gasteiger partial charge in [-0.15, -0.1) is 0 Å². The molecule has 2 aromatic rings. The molecule has 1 aromatic heterocycles. The molecule has 0 fully saturated rings. The van der Waals surface area contributed by atoms with Crippen LogP contribution in [-0.4, -0.2) is 11.0 Å². The highest BCUT2D eigenvalue weighted by molar-refractivity contribution is 9.10. The van der Waals surface area contributed by atoms with E-state index in [0.717, 1.165) is 15.9 Å². The van der Waals surface area contributed by atoms with E-state index in [1.807, 2.05) is 6.07 Å². The minimum absolute atomic E-state index is 0.462. The van der Waals surface area contributed by atoms with Gasteiger partial charge in [0.1, 0.15) is 6.26 Å². The van der Waals surface area contributed by atoms with Crippen LogP contribution in [0.3, 0.4) is 0 Å². The molecule has 1 N–H and O–H groups in total. The Morgan fingerprint density at radius 2 is 2.28 bits per heavy atom. The third kappa shape index (κ3) is 3.86. The summed E-state index contributed by atoms with van der Waals surface area (Å²) in [6, 6.07) is 6.70. The fraction of sp³-hybridized carbons (Fsp3) is 0.308. The fourth-order valence-electron chi connectivity index (χ4n) is 1.45. The quantitative estimate of drug-likeness (QED) is 0.898. The maximum absolute atomic E-state index is 5.27. The Kier molecular flexibility index (Phi) is 4.86. The van der Waals surface area contributed by atoms with Crippen molar-refractivity contribution in [1.82, 2.24) is 10.3 Å². The zero-order chi connectivity index (χ0) is 13.0. The lowest BCUT2D eigenvalue weighted by atomic mass is 10.2. The number of nitrogens with zero attached hydrogens (tertiary/aromatic N) is 1. The largest absolute Gasteiger partial charge is 0.440 e. The molecule has 2 rings (SSSR count). The first kappa shape index (κ1) is 13.6. The third-order valence-electron chi connectivity index (χ3n) is 2.33. The second-order valence-corrected chi connectivity index (χ2v) is 6.10. The van der Waals surface area contributed by atoms with Crippen molar-refractivity contribution >= 4 is 27.7 Å². The smallest absolute Gasteiger partial charge is 0.260 e. The first-order valence-corrected chi connectivity index (χ1v) is 7.35. The molecule has 0 aliphatic rings. The molecule has 0 atom stereocenters. The molecule has 5 heteroatoms. The topological polar surface area (TPSA) is 38.1 Å². The van der Waals surface area contributed by atoms with Crippen LogP contribution in [-0.2, 0) is 6.54 Å². The molecule has 0 radical (unpaired) electrons. The highest BCUT2D eigenvalue weighted by Gasteiger charge is 2.08. The number of hydrogen-bond acceptors (Lipinski definition) is 4. The van der Waals surface area contributed by atoms with Crippen molar-refractivity contribution in [2.24, 2.45) is 0 Å². The number of hydrogen-bond donors (Lipinski definition) is 1. The predicted octanol–water partition coefficient (Wildman–Crippen LogP) is 4.09. The van der Waals surface area contributed by atoms with E-state index in [-0.39, 0.29) is 0 Å². The highest BCUT2D eigenvalue weighted by Crippen LogP contribution is 2.31. The van der Waals surface area contributed by atoms with Gasteiger partial charge < -0.3 is 9.73 Å². The van der Waals surface area contributed by atoms with Gasteiger partial charge in [-0.25, -0.2) is 4.98 Å². The van der Waals surface area contributed by atoms with Gasteiger partial charge in [0.2, 0.25) is 0 Å². The SMILES string of the molecule is CC(C)NCc1cc(Br)ccc1Sc1ncco1. The van der Waals surface area contributed by atoms with Gasteiger partial charge in [0.25, 0.3) is 5.22 Å². The first-order chi connectivity index (χ1) is 8.65. The highest BCUT2D eigenvalue weighted by atomic mass is 79.9. The lowest BCUT2D eigenvalue weighted by Gasteiger charge is -2.11. The Bertz CT molecular complexity index is 500. The lowest BCUT2D eigenvalue weighted by Crippen LogP contribution is -2.22. The second-order valence-electron chi connectivity index (χ2n) is 4.19. The average Bonchev–Trinajstić information content (AvgIpc) is 2.82. The summed E-state index contributed by atoms with van der Waals surface area (Å²) in [4.78, 5) is 5.30. The molecule has 0 aliphatic heterocycles. The Labute approximate surface area is 120 Å². The Morgan fingerprint density at radius 3 is 2.94 bits per heavy atom. The summed E-state index contributed by atoms with van der Waals surface area (Å²) in [6.45, 7) is 5.11. The standard InChI is InChI=1S/C13H15BrN2OS/c1-9(2)16-8-10-7-11(14)3-4-12(10)18-13-15-5-6-17-13/h3-7,9,16H,8H2,1-2H3. The third-order valence-corrected chi connectivity index (χ3v) is 3.82. The Balaban J connectivity index is 2.17. The van der Waals surface area contributed by atoms with E-state index in [9.17, 15) is 0 Å². The maximum Gasteiger partial charge on any atom is 0.260 e. The minimum atomic E-state index is 0.462. The molecule has 0 unspecified atom stereocenters. The van der Waals surface area contributed by atoms with Crippen LogP contribution in [0.1, 0.15) is 19.4 Å². The van der Waals surface area contributed by atoms with Gasteiger partial charge in [0, 0.05) is 22.0 Å². The summed E-state index contributed by atoms with van der Waals surface area (Å²) in [6.07, 6.45) is 3.25. The normalized spacial score (nSPS) is 11.1. The number of rotatable bonds is 5. The van der Waals surface area contributed by atoms with E-state index in [1.165, 1.54) is 5.56 Å². The summed E-state index contributed by atoms with van der Waals surface area (Å²) in [7, 11) is 0. The molecular formula is C13H15BrN2OS. The zero-order valence-corrected chi connectivity index (χ0v) is 12.7. The number of oxazole rings is 1. The summed E-state index contributed by atoms with van der Waals surface area (Å²) in [5, 5.41) is 4.09. The van der Waals surface area contributed by atoms with Gasteiger partial charge in [0.05, 0.1) is 6.20 Å². The zero-order valence-electron chi connectivity index (χ0n) is 10.3. The summed E-state index contributed by atoms with van der Waals surface area (Å²) < 4.78 is 6.35. The lowest BCUT2D eigenvalue weighted by molar-refractivity contribution is 0.454. The van der Waals surface area contributed by atoms with Crippen LogP contribution in [0.5, 0.6) is 0 Å². The molecule has 1 aromatic carbocycles. The van der Waals surface area contributed by atoms with Crippen LogP contribution in [0.25, 0.3) is 0 Å². The van der Waals surface area contributed by atoms with E-state index < -0.39 is 0 Å². The van der Waals surface area contributed by atoms with Crippen LogP contribution in [0.2, 0.25) is 0 Å². The summed E-state index contributed by atoms with van der Waals surface area (Å²) in [5.74, 6) is 0. The van der Waals surface area contributed by atoms with Gasteiger partial charge in [-0.1, -0.05) is 29.8 Å². The first-order valence-electron chi connectivity index (χ1n) is 5.74. The van der Waals surface area contributed by atoms with Gasteiger partial charge >= 0.3 is 0 Å². The fourth-order valence-corrected chi connectivity index (χ4v) is 2.67. The summed E-state index contributed by atoms with van der Waals surface area (Å²) in [5.41, 5.74) is 1.24. The Morgan fingerprint density at radius 1 is 1.44 bits per heavy atom. The summed E-state index contributed by atoms with van der Waals surface area (Å²) >= 11 is 5.05. The van der Waals surface area contributed by atoms with Crippen LogP contribution in [0.4, 0.5) is 0 Å². The molecular weight excluding hydrogens is 312 g/mol. The number of aromatic nitrogens is 1. The van der Waals surface area contributed by atoms with Crippen LogP contribution < -0.4 is 5.32 Å². The van der Waals surface area contributed by atoms with E-state index in [0.29, 0.717) is 11.3 Å². The molecule has 0 saturated heterocycles. The average molecular weight is 327 g/mol. The second kappa shape index (κ2) is 6.41.